The van der Waals surface area contributed by atoms with Crippen molar-refractivity contribution in [3.63, 3.8) is 0 Å². The average molecular weight is 329 g/mol. The first-order chi connectivity index (χ1) is 8.90. The van der Waals surface area contributed by atoms with Crippen molar-refractivity contribution in [3.05, 3.63) is 28.2 Å². The molecule has 1 aromatic rings. The van der Waals surface area contributed by atoms with Gasteiger partial charge in [0.25, 0.3) is 0 Å². The van der Waals surface area contributed by atoms with Crippen LogP contribution in [0.3, 0.4) is 0 Å². The first-order valence-corrected chi connectivity index (χ1v) is 7.45. The third kappa shape index (κ3) is 4.79. The summed E-state index contributed by atoms with van der Waals surface area (Å²) in [6.07, 6.45) is 0. The second-order valence-corrected chi connectivity index (χ2v) is 6.62. The lowest BCUT2D eigenvalue weighted by Gasteiger charge is -2.28. The van der Waals surface area contributed by atoms with Crippen LogP contribution in [0.2, 0.25) is 0 Å². The standard InChI is InChI=1S/C15H25BrN2O/c1-11(8-17)9-18-10-15(2,3)13-7-12(16)5-6-14(13)19-4/h5-7,11,18H,8-10,17H2,1-4H3. The van der Waals surface area contributed by atoms with E-state index < -0.39 is 0 Å². The van der Waals surface area contributed by atoms with Gasteiger partial charge >= 0.3 is 0 Å². The first-order valence-electron chi connectivity index (χ1n) is 6.65. The van der Waals surface area contributed by atoms with Crippen molar-refractivity contribution >= 4 is 15.9 Å². The van der Waals surface area contributed by atoms with Crippen LogP contribution in [0.15, 0.2) is 22.7 Å². The zero-order valence-corrected chi connectivity index (χ0v) is 13.9. The molecule has 0 bridgehead atoms. The fraction of sp³-hybridized carbons (Fsp3) is 0.600. The summed E-state index contributed by atoms with van der Waals surface area (Å²) in [7, 11) is 1.72. The van der Waals surface area contributed by atoms with Crippen LogP contribution in [0.4, 0.5) is 0 Å². The van der Waals surface area contributed by atoms with E-state index in [0.717, 1.165) is 23.3 Å². The maximum atomic E-state index is 5.63. The molecule has 0 aliphatic rings. The van der Waals surface area contributed by atoms with Gasteiger partial charge in [-0.2, -0.15) is 0 Å². The van der Waals surface area contributed by atoms with Gasteiger partial charge < -0.3 is 15.8 Å². The van der Waals surface area contributed by atoms with Gasteiger partial charge in [-0.15, -0.1) is 0 Å². The van der Waals surface area contributed by atoms with Gasteiger partial charge in [-0.1, -0.05) is 36.7 Å². The van der Waals surface area contributed by atoms with E-state index in [0.29, 0.717) is 12.5 Å². The van der Waals surface area contributed by atoms with Crippen LogP contribution in [0.25, 0.3) is 0 Å². The molecule has 4 heteroatoms. The molecule has 0 aliphatic heterocycles. The Hall–Kier alpha value is -0.580. The fourth-order valence-electron chi connectivity index (χ4n) is 2.02. The highest BCUT2D eigenvalue weighted by atomic mass is 79.9. The van der Waals surface area contributed by atoms with E-state index in [1.165, 1.54) is 5.56 Å². The highest BCUT2D eigenvalue weighted by molar-refractivity contribution is 9.10. The summed E-state index contributed by atoms with van der Waals surface area (Å²) in [4.78, 5) is 0. The average Bonchev–Trinajstić information content (AvgIpc) is 2.38. The lowest BCUT2D eigenvalue weighted by molar-refractivity contribution is 0.380. The normalized spacial score (nSPS) is 13.4. The SMILES string of the molecule is COc1ccc(Br)cc1C(C)(C)CNCC(C)CN. The van der Waals surface area contributed by atoms with Crippen LogP contribution in [0, 0.1) is 5.92 Å². The molecule has 1 rings (SSSR count). The molecular weight excluding hydrogens is 304 g/mol. The molecule has 1 atom stereocenters. The molecule has 0 radical (unpaired) electrons. The molecule has 0 saturated heterocycles. The minimum Gasteiger partial charge on any atom is -0.496 e. The molecular formula is C15H25BrN2O. The van der Waals surface area contributed by atoms with Crippen LogP contribution in [0.1, 0.15) is 26.3 Å². The van der Waals surface area contributed by atoms with Crippen molar-refractivity contribution < 1.29 is 4.74 Å². The van der Waals surface area contributed by atoms with E-state index in [4.69, 9.17) is 10.5 Å². The van der Waals surface area contributed by atoms with Gasteiger partial charge in [0.1, 0.15) is 5.75 Å². The maximum Gasteiger partial charge on any atom is 0.122 e. The minimum atomic E-state index is 0.00341. The van der Waals surface area contributed by atoms with E-state index >= 15 is 0 Å². The van der Waals surface area contributed by atoms with Gasteiger partial charge in [-0.05, 0) is 37.2 Å². The zero-order chi connectivity index (χ0) is 14.5. The van der Waals surface area contributed by atoms with Crippen molar-refractivity contribution in [1.82, 2.24) is 5.32 Å². The highest BCUT2D eigenvalue weighted by Crippen LogP contribution is 2.33. The number of nitrogens with two attached hydrogens (primary N) is 1. The molecule has 0 heterocycles. The number of hydrogen-bond acceptors (Lipinski definition) is 3. The molecule has 0 aromatic heterocycles. The highest BCUT2D eigenvalue weighted by Gasteiger charge is 2.24. The Balaban J connectivity index is 2.78. The van der Waals surface area contributed by atoms with Crippen molar-refractivity contribution in [2.24, 2.45) is 11.7 Å². The Labute approximate surface area is 125 Å². The Bertz CT molecular complexity index is 407. The molecule has 1 unspecified atom stereocenters. The summed E-state index contributed by atoms with van der Waals surface area (Å²) in [5, 5.41) is 3.49. The van der Waals surface area contributed by atoms with Crippen molar-refractivity contribution in [2.45, 2.75) is 26.2 Å². The smallest absolute Gasteiger partial charge is 0.122 e. The van der Waals surface area contributed by atoms with Gasteiger partial charge in [0.05, 0.1) is 7.11 Å². The third-order valence-electron chi connectivity index (χ3n) is 3.35. The van der Waals surface area contributed by atoms with Crippen molar-refractivity contribution in [2.75, 3.05) is 26.7 Å². The topological polar surface area (TPSA) is 47.3 Å². The van der Waals surface area contributed by atoms with Gasteiger partial charge in [-0.25, -0.2) is 0 Å². The molecule has 0 aliphatic carbocycles. The summed E-state index contributed by atoms with van der Waals surface area (Å²) in [6, 6.07) is 6.14. The molecule has 19 heavy (non-hydrogen) atoms. The number of halogens is 1. The molecule has 0 amide bonds. The maximum absolute atomic E-state index is 5.63. The lowest BCUT2D eigenvalue weighted by Crippen LogP contribution is -2.36. The molecule has 1 aromatic carbocycles. The molecule has 0 fully saturated rings. The quantitative estimate of drug-likeness (QED) is 0.809. The van der Waals surface area contributed by atoms with Gasteiger partial charge in [0.15, 0.2) is 0 Å². The monoisotopic (exact) mass is 328 g/mol. The summed E-state index contributed by atoms with van der Waals surface area (Å²) in [5.41, 5.74) is 6.84. The molecule has 0 saturated carbocycles. The number of rotatable bonds is 7. The van der Waals surface area contributed by atoms with Gasteiger partial charge in [-0.3, -0.25) is 0 Å². The number of methoxy groups -OCH3 is 1. The second kappa shape index (κ2) is 7.27. The first kappa shape index (κ1) is 16.5. The van der Waals surface area contributed by atoms with Gasteiger partial charge in [0, 0.05) is 22.0 Å². The van der Waals surface area contributed by atoms with Crippen LogP contribution in [0.5, 0.6) is 5.75 Å². The molecule has 3 nitrogen and oxygen atoms in total. The van der Waals surface area contributed by atoms with Crippen LogP contribution < -0.4 is 15.8 Å². The Morgan fingerprint density at radius 3 is 2.68 bits per heavy atom. The summed E-state index contributed by atoms with van der Waals surface area (Å²) in [6.45, 7) is 9.14. The van der Waals surface area contributed by atoms with Crippen LogP contribution in [-0.2, 0) is 5.41 Å². The van der Waals surface area contributed by atoms with Crippen molar-refractivity contribution in [3.8, 4) is 5.75 Å². The predicted molar refractivity (Wildman–Crippen MR) is 84.8 cm³/mol. The summed E-state index contributed by atoms with van der Waals surface area (Å²) < 4.78 is 6.54. The minimum absolute atomic E-state index is 0.00341. The van der Waals surface area contributed by atoms with E-state index in [-0.39, 0.29) is 5.41 Å². The lowest BCUT2D eigenvalue weighted by atomic mass is 9.84. The van der Waals surface area contributed by atoms with Crippen LogP contribution in [-0.4, -0.2) is 26.7 Å². The van der Waals surface area contributed by atoms with Crippen molar-refractivity contribution in [1.29, 1.82) is 0 Å². The Kier molecular flexibility index (Phi) is 6.30. The summed E-state index contributed by atoms with van der Waals surface area (Å²) in [5.74, 6) is 1.43. The Morgan fingerprint density at radius 2 is 2.11 bits per heavy atom. The van der Waals surface area contributed by atoms with E-state index in [1.54, 1.807) is 7.11 Å². The second-order valence-electron chi connectivity index (χ2n) is 5.70. The number of hydrogen-bond donors (Lipinski definition) is 2. The van der Waals surface area contributed by atoms with E-state index in [1.807, 2.05) is 12.1 Å². The third-order valence-corrected chi connectivity index (χ3v) is 3.85. The van der Waals surface area contributed by atoms with E-state index in [2.05, 4.69) is 48.1 Å². The fourth-order valence-corrected chi connectivity index (χ4v) is 2.38. The molecule has 0 spiro atoms. The van der Waals surface area contributed by atoms with Gasteiger partial charge in [0.2, 0.25) is 0 Å². The zero-order valence-electron chi connectivity index (χ0n) is 12.3. The van der Waals surface area contributed by atoms with E-state index in [9.17, 15) is 0 Å². The Morgan fingerprint density at radius 1 is 1.42 bits per heavy atom. The largest absolute Gasteiger partial charge is 0.496 e. The van der Waals surface area contributed by atoms with Crippen LogP contribution >= 0.6 is 15.9 Å². The molecule has 3 N–H and O–H groups in total. The summed E-state index contributed by atoms with van der Waals surface area (Å²) >= 11 is 3.53. The molecule has 108 valence electrons. The number of benzene rings is 1. The number of nitrogens with one attached hydrogen (secondary N) is 1. The number of ether oxygens (including phenoxy) is 1. The predicted octanol–water partition coefficient (Wildman–Crippen LogP) is 2.92.